The zero-order valence-corrected chi connectivity index (χ0v) is 11.5. The van der Waals surface area contributed by atoms with Crippen LogP contribution in [0.25, 0.3) is 0 Å². The van der Waals surface area contributed by atoms with Crippen molar-refractivity contribution in [3.05, 3.63) is 29.3 Å². The highest BCUT2D eigenvalue weighted by Crippen LogP contribution is 2.31. The molecule has 0 bridgehead atoms. The van der Waals surface area contributed by atoms with Crippen LogP contribution >= 0.6 is 0 Å². The van der Waals surface area contributed by atoms with Crippen molar-refractivity contribution in [2.75, 3.05) is 32.9 Å². The number of fused-ring (bicyclic) bond motifs is 1. The lowest BCUT2D eigenvalue weighted by molar-refractivity contribution is -0.0209. The molecule has 0 aliphatic carbocycles. The molecule has 2 heterocycles. The van der Waals surface area contributed by atoms with E-state index in [-0.39, 0.29) is 6.04 Å². The summed E-state index contributed by atoms with van der Waals surface area (Å²) >= 11 is 0. The normalized spacial score (nSPS) is 24.8. The molecule has 0 radical (unpaired) electrons. The summed E-state index contributed by atoms with van der Waals surface area (Å²) in [6.07, 6.45) is 1.01. The van der Waals surface area contributed by atoms with Crippen LogP contribution in [0.3, 0.4) is 0 Å². The fourth-order valence-electron chi connectivity index (χ4n) is 3.08. The Morgan fingerprint density at radius 1 is 1.42 bits per heavy atom. The van der Waals surface area contributed by atoms with Gasteiger partial charge in [-0.15, -0.1) is 0 Å². The zero-order chi connectivity index (χ0) is 13.2. The van der Waals surface area contributed by atoms with Gasteiger partial charge in [0.1, 0.15) is 5.75 Å². The van der Waals surface area contributed by atoms with Crippen LogP contribution in [-0.4, -0.2) is 43.9 Å². The summed E-state index contributed by atoms with van der Waals surface area (Å²) in [7, 11) is 0. The molecular weight excluding hydrogens is 240 g/mol. The van der Waals surface area contributed by atoms with Crippen LogP contribution in [0.2, 0.25) is 0 Å². The largest absolute Gasteiger partial charge is 0.493 e. The Balaban J connectivity index is 1.85. The minimum atomic E-state index is 0.282. The molecule has 104 valence electrons. The van der Waals surface area contributed by atoms with Gasteiger partial charge in [-0.3, -0.25) is 4.90 Å². The van der Waals surface area contributed by atoms with Crippen LogP contribution in [0.15, 0.2) is 18.2 Å². The van der Waals surface area contributed by atoms with Gasteiger partial charge in [-0.2, -0.15) is 0 Å². The molecule has 1 aromatic rings. The molecule has 0 spiro atoms. The van der Waals surface area contributed by atoms with Gasteiger partial charge in [-0.25, -0.2) is 0 Å². The first-order valence-corrected chi connectivity index (χ1v) is 7.09. The van der Waals surface area contributed by atoms with Crippen LogP contribution in [0.5, 0.6) is 5.75 Å². The quantitative estimate of drug-likeness (QED) is 0.893. The smallest absolute Gasteiger partial charge is 0.122 e. The second kappa shape index (κ2) is 5.49. The minimum absolute atomic E-state index is 0.282. The number of rotatable bonds is 3. The number of ether oxygens (including phenoxy) is 2. The molecule has 4 nitrogen and oxygen atoms in total. The van der Waals surface area contributed by atoms with Crippen molar-refractivity contribution >= 4 is 0 Å². The van der Waals surface area contributed by atoms with Gasteiger partial charge in [-0.05, 0) is 24.1 Å². The first-order valence-electron chi connectivity index (χ1n) is 7.09. The molecular formula is C15H22N2O2. The van der Waals surface area contributed by atoms with Gasteiger partial charge in [-0.1, -0.05) is 12.1 Å². The van der Waals surface area contributed by atoms with Crippen molar-refractivity contribution in [3.8, 4) is 5.75 Å². The van der Waals surface area contributed by atoms with E-state index in [4.69, 9.17) is 15.2 Å². The van der Waals surface area contributed by atoms with E-state index in [9.17, 15) is 0 Å². The molecule has 2 unspecified atom stereocenters. The monoisotopic (exact) mass is 262 g/mol. The molecule has 2 atom stereocenters. The van der Waals surface area contributed by atoms with E-state index >= 15 is 0 Å². The van der Waals surface area contributed by atoms with Crippen molar-refractivity contribution in [2.24, 2.45) is 5.73 Å². The summed E-state index contributed by atoms with van der Waals surface area (Å²) in [5.74, 6) is 1.04. The van der Waals surface area contributed by atoms with Crippen LogP contribution in [0, 0.1) is 0 Å². The highest BCUT2D eigenvalue weighted by atomic mass is 16.5. The SMILES string of the molecule is CC1COCCN1C(CN)c1ccc2c(c1)CCO2. The van der Waals surface area contributed by atoms with E-state index < -0.39 is 0 Å². The maximum Gasteiger partial charge on any atom is 0.122 e. The zero-order valence-electron chi connectivity index (χ0n) is 11.5. The van der Waals surface area contributed by atoms with Gasteiger partial charge in [0.15, 0.2) is 0 Å². The van der Waals surface area contributed by atoms with Crippen molar-refractivity contribution < 1.29 is 9.47 Å². The summed E-state index contributed by atoms with van der Waals surface area (Å²) in [6.45, 7) is 6.21. The second-order valence-corrected chi connectivity index (χ2v) is 5.38. The number of nitrogens with two attached hydrogens (primary N) is 1. The maximum atomic E-state index is 6.03. The molecule has 19 heavy (non-hydrogen) atoms. The van der Waals surface area contributed by atoms with E-state index in [1.54, 1.807) is 0 Å². The Morgan fingerprint density at radius 3 is 3.11 bits per heavy atom. The van der Waals surface area contributed by atoms with Crippen molar-refractivity contribution in [3.63, 3.8) is 0 Å². The Hall–Kier alpha value is -1.10. The number of hydrogen-bond acceptors (Lipinski definition) is 4. The first-order chi connectivity index (χ1) is 9.29. The molecule has 2 aliphatic heterocycles. The molecule has 1 aromatic carbocycles. The molecule has 0 saturated carbocycles. The summed E-state index contributed by atoms with van der Waals surface area (Å²) < 4.78 is 11.1. The molecule has 4 heteroatoms. The summed E-state index contributed by atoms with van der Waals surface area (Å²) in [6, 6.07) is 7.22. The topological polar surface area (TPSA) is 47.7 Å². The molecule has 2 aliphatic rings. The van der Waals surface area contributed by atoms with Gasteiger partial charge in [0, 0.05) is 31.6 Å². The first kappa shape index (κ1) is 12.9. The van der Waals surface area contributed by atoms with Crippen LogP contribution in [0.4, 0.5) is 0 Å². The third-order valence-corrected chi connectivity index (χ3v) is 4.14. The molecule has 1 fully saturated rings. The van der Waals surface area contributed by atoms with Gasteiger partial charge in [0.2, 0.25) is 0 Å². The number of nitrogens with zero attached hydrogens (tertiary/aromatic N) is 1. The van der Waals surface area contributed by atoms with Gasteiger partial charge in [0.25, 0.3) is 0 Å². The van der Waals surface area contributed by atoms with E-state index in [1.165, 1.54) is 11.1 Å². The Kier molecular flexibility index (Phi) is 3.73. The maximum absolute atomic E-state index is 6.03. The Labute approximate surface area is 114 Å². The summed E-state index contributed by atoms with van der Waals surface area (Å²) in [5, 5.41) is 0. The summed E-state index contributed by atoms with van der Waals surface area (Å²) in [4.78, 5) is 2.46. The highest BCUT2D eigenvalue weighted by Gasteiger charge is 2.27. The molecule has 0 amide bonds. The molecule has 1 saturated heterocycles. The Bertz CT molecular complexity index is 450. The second-order valence-electron chi connectivity index (χ2n) is 5.38. The molecule has 2 N–H and O–H groups in total. The number of hydrogen-bond donors (Lipinski definition) is 1. The van der Waals surface area contributed by atoms with E-state index in [1.807, 2.05) is 0 Å². The summed E-state index contributed by atoms with van der Waals surface area (Å²) in [5.41, 5.74) is 8.65. The number of benzene rings is 1. The minimum Gasteiger partial charge on any atom is -0.493 e. The van der Waals surface area contributed by atoms with E-state index in [2.05, 4.69) is 30.0 Å². The third kappa shape index (κ3) is 2.48. The third-order valence-electron chi connectivity index (χ3n) is 4.14. The molecule has 3 rings (SSSR count). The Morgan fingerprint density at radius 2 is 2.32 bits per heavy atom. The van der Waals surface area contributed by atoms with Gasteiger partial charge in [0.05, 0.1) is 19.8 Å². The van der Waals surface area contributed by atoms with Crippen molar-refractivity contribution in [1.82, 2.24) is 4.90 Å². The average molecular weight is 262 g/mol. The van der Waals surface area contributed by atoms with Crippen molar-refractivity contribution in [2.45, 2.75) is 25.4 Å². The van der Waals surface area contributed by atoms with Crippen LogP contribution in [-0.2, 0) is 11.2 Å². The lowest BCUT2D eigenvalue weighted by atomic mass is 9.99. The van der Waals surface area contributed by atoms with Crippen LogP contribution in [0.1, 0.15) is 24.1 Å². The molecule has 0 aromatic heterocycles. The standard InChI is InChI=1S/C15H22N2O2/c1-11-10-18-7-5-17(11)14(9-16)12-2-3-15-13(8-12)4-6-19-15/h2-3,8,11,14H,4-7,9-10,16H2,1H3. The average Bonchev–Trinajstić information content (AvgIpc) is 2.89. The van der Waals surface area contributed by atoms with Crippen LogP contribution < -0.4 is 10.5 Å². The fraction of sp³-hybridized carbons (Fsp3) is 0.600. The van der Waals surface area contributed by atoms with Gasteiger partial charge >= 0.3 is 0 Å². The highest BCUT2D eigenvalue weighted by molar-refractivity contribution is 5.41. The van der Waals surface area contributed by atoms with E-state index in [0.29, 0.717) is 12.6 Å². The lowest BCUT2D eigenvalue weighted by Crippen LogP contribution is -2.47. The van der Waals surface area contributed by atoms with Crippen molar-refractivity contribution in [1.29, 1.82) is 0 Å². The fourth-order valence-corrected chi connectivity index (χ4v) is 3.08. The number of morpholine rings is 1. The van der Waals surface area contributed by atoms with Gasteiger partial charge < -0.3 is 15.2 Å². The predicted molar refractivity (Wildman–Crippen MR) is 74.4 cm³/mol. The predicted octanol–water partition coefficient (Wildman–Crippen LogP) is 1.34. The lowest BCUT2D eigenvalue weighted by Gasteiger charge is -2.39. The van der Waals surface area contributed by atoms with E-state index in [0.717, 1.165) is 38.5 Å².